The van der Waals surface area contributed by atoms with Crippen LogP contribution in [0.25, 0.3) is 11.2 Å². The molecule has 1 amide bonds. The fourth-order valence-electron chi connectivity index (χ4n) is 4.25. The van der Waals surface area contributed by atoms with Crippen LogP contribution in [0.1, 0.15) is 50.2 Å². The third-order valence-corrected chi connectivity index (χ3v) is 6.49. The van der Waals surface area contributed by atoms with Crippen molar-refractivity contribution < 1.29 is 19.1 Å². The molecule has 0 aliphatic carbocycles. The Labute approximate surface area is 234 Å². The number of esters is 1. The minimum absolute atomic E-state index is 0.0462. The first-order valence-electron chi connectivity index (χ1n) is 13.7. The number of carbonyl (C=O) groups is 2. The number of nitrogen functional groups attached to an aromatic ring is 1. The number of hydrogen-bond acceptors (Lipinski definition) is 9. The van der Waals surface area contributed by atoms with Crippen LogP contribution in [-0.4, -0.2) is 82.1 Å². The Morgan fingerprint density at radius 1 is 1.05 bits per heavy atom. The summed E-state index contributed by atoms with van der Waals surface area (Å²) in [6, 6.07) is 7.72. The number of aryl methyl sites for hydroxylation is 1. The van der Waals surface area contributed by atoms with Gasteiger partial charge in [-0.25, -0.2) is 4.79 Å². The second kappa shape index (κ2) is 15.0. The Balaban J connectivity index is 1.72. The molecule has 40 heavy (non-hydrogen) atoms. The largest absolute Gasteiger partial charge is 0.469 e. The van der Waals surface area contributed by atoms with E-state index in [4.69, 9.17) is 15.2 Å². The van der Waals surface area contributed by atoms with Gasteiger partial charge in [0.05, 0.1) is 20.1 Å². The molecule has 2 aromatic heterocycles. The highest BCUT2D eigenvalue weighted by molar-refractivity contribution is 5.81. The van der Waals surface area contributed by atoms with Crippen LogP contribution < -0.4 is 16.2 Å². The zero-order valence-electron chi connectivity index (χ0n) is 23.9. The summed E-state index contributed by atoms with van der Waals surface area (Å²) in [6.45, 7) is 4.54. The zero-order chi connectivity index (χ0) is 29.1. The van der Waals surface area contributed by atoms with Gasteiger partial charge in [-0.2, -0.15) is 9.97 Å². The molecular formula is C28H41N7O5. The SMILES string of the molecule is CCCCOc1nc(N)c2[nH]c(=O)n(CCCN(Cc3ccc(CC(=O)OC)cc3)C(=O)CCCN(C)C)c2n1. The summed E-state index contributed by atoms with van der Waals surface area (Å²) in [7, 11) is 5.32. The molecule has 0 radical (unpaired) electrons. The van der Waals surface area contributed by atoms with Crippen molar-refractivity contribution in [2.75, 3.05) is 46.6 Å². The van der Waals surface area contributed by atoms with Crippen LogP contribution in [0.3, 0.4) is 0 Å². The van der Waals surface area contributed by atoms with Gasteiger partial charge in [-0.05, 0) is 51.0 Å². The van der Waals surface area contributed by atoms with Gasteiger partial charge in [0.2, 0.25) is 5.91 Å². The Morgan fingerprint density at radius 2 is 1.77 bits per heavy atom. The number of nitrogens with zero attached hydrogens (tertiary/aromatic N) is 5. The Bertz CT molecular complexity index is 1320. The molecular weight excluding hydrogens is 514 g/mol. The van der Waals surface area contributed by atoms with Crippen LogP contribution in [-0.2, 0) is 33.8 Å². The van der Waals surface area contributed by atoms with Crippen molar-refractivity contribution in [3.8, 4) is 6.01 Å². The number of imidazole rings is 1. The van der Waals surface area contributed by atoms with Crippen molar-refractivity contribution in [3.63, 3.8) is 0 Å². The summed E-state index contributed by atoms with van der Waals surface area (Å²) < 4.78 is 11.9. The first kappa shape index (κ1) is 30.6. The van der Waals surface area contributed by atoms with Gasteiger partial charge in [-0.1, -0.05) is 37.6 Å². The van der Waals surface area contributed by atoms with Gasteiger partial charge < -0.3 is 30.0 Å². The van der Waals surface area contributed by atoms with Gasteiger partial charge in [0.15, 0.2) is 11.5 Å². The van der Waals surface area contributed by atoms with E-state index in [0.29, 0.717) is 50.2 Å². The monoisotopic (exact) mass is 555 g/mol. The number of amides is 1. The lowest BCUT2D eigenvalue weighted by molar-refractivity contribution is -0.139. The fourth-order valence-corrected chi connectivity index (χ4v) is 4.25. The number of unbranched alkanes of at least 4 members (excludes halogenated alkanes) is 1. The normalized spacial score (nSPS) is 11.2. The standard InChI is InChI=1S/C28H41N7O5/c1-5-6-17-40-27-31-25(29)24-26(32-27)35(28(38)30-24)16-8-15-34(22(36)9-7-14-33(2)3)19-21-12-10-20(11-13-21)18-23(37)39-4/h10-13H,5-9,14-19H2,1-4H3,(H,30,38)(H2,29,31,32). The minimum atomic E-state index is -0.341. The van der Waals surface area contributed by atoms with Crippen molar-refractivity contribution >= 4 is 28.9 Å². The van der Waals surface area contributed by atoms with E-state index in [9.17, 15) is 14.4 Å². The molecule has 218 valence electrons. The molecule has 3 rings (SSSR count). The number of nitrogens with two attached hydrogens (primary N) is 1. The highest BCUT2D eigenvalue weighted by Crippen LogP contribution is 2.18. The molecule has 1 aromatic carbocycles. The molecule has 0 fully saturated rings. The number of aromatic amines is 1. The third kappa shape index (κ3) is 8.80. The third-order valence-electron chi connectivity index (χ3n) is 6.49. The van der Waals surface area contributed by atoms with Crippen LogP contribution in [0, 0.1) is 0 Å². The van der Waals surface area contributed by atoms with Crippen molar-refractivity contribution in [3.05, 3.63) is 45.9 Å². The average Bonchev–Trinajstić information content (AvgIpc) is 3.24. The van der Waals surface area contributed by atoms with Crippen LogP contribution in [0.15, 0.2) is 29.1 Å². The lowest BCUT2D eigenvalue weighted by Gasteiger charge is -2.23. The quantitative estimate of drug-likeness (QED) is 0.201. The van der Waals surface area contributed by atoms with E-state index < -0.39 is 0 Å². The number of nitrogens with one attached hydrogen (secondary N) is 1. The number of H-pyrrole nitrogens is 1. The highest BCUT2D eigenvalue weighted by atomic mass is 16.5. The maximum Gasteiger partial charge on any atom is 0.327 e. The van der Waals surface area contributed by atoms with Gasteiger partial charge in [-0.3, -0.25) is 14.2 Å². The molecule has 3 N–H and O–H groups in total. The maximum absolute atomic E-state index is 13.2. The predicted molar refractivity (Wildman–Crippen MR) is 153 cm³/mol. The number of rotatable bonds is 16. The van der Waals surface area contributed by atoms with Crippen LogP contribution in [0.2, 0.25) is 0 Å². The minimum Gasteiger partial charge on any atom is -0.469 e. The highest BCUT2D eigenvalue weighted by Gasteiger charge is 2.17. The predicted octanol–water partition coefficient (Wildman–Crippen LogP) is 2.36. The first-order valence-corrected chi connectivity index (χ1v) is 13.7. The molecule has 12 heteroatoms. The summed E-state index contributed by atoms with van der Waals surface area (Å²) in [5, 5.41) is 0. The number of fused-ring (bicyclic) bond motifs is 1. The Morgan fingerprint density at radius 3 is 2.45 bits per heavy atom. The van der Waals surface area contributed by atoms with Crippen LogP contribution in [0.5, 0.6) is 6.01 Å². The van der Waals surface area contributed by atoms with E-state index in [2.05, 4.69) is 26.8 Å². The summed E-state index contributed by atoms with van der Waals surface area (Å²) in [5.74, 6) is -0.102. The maximum atomic E-state index is 13.2. The van der Waals surface area contributed by atoms with E-state index in [0.717, 1.165) is 36.9 Å². The molecule has 0 spiro atoms. The second-order valence-corrected chi connectivity index (χ2v) is 10.0. The van der Waals surface area contributed by atoms with Crippen LogP contribution in [0.4, 0.5) is 5.82 Å². The van der Waals surface area contributed by atoms with Gasteiger partial charge in [0.25, 0.3) is 0 Å². The second-order valence-electron chi connectivity index (χ2n) is 10.0. The number of ether oxygens (including phenoxy) is 2. The van der Waals surface area contributed by atoms with Gasteiger partial charge in [0.1, 0.15) is 5.52 Å². The van der Waals surface area contributed by atoms with Crippen LogP contribution >= 0.6 is 0 Å². The van der Waals surface area contributed by atoms with Crippen molar-refractivity contribution in [1.82, 2.24) is 29.3 Å². The molecule has 0 bridgehead atoms. The lowest BCUT2D eigenvalue weighted by atomic mass is 10.1. The number of hydrogen-bond donors (Lipinski definition) is 2. The molecule has 0 atom stereocenters. The summed E-state index contributed by atoms with van der Waals surface area (Å²) in [6.07, 6.45) is 3.72. The summed E-state index contributed by atoms with van der Waals surface area (Å²) in [4.78, 5) is 52.7. The number of anilines is 1. The van der Waals surface area contributed by atoms with Gasteiger partial charge >= 0.3 is 17.7 Å². The summed E-state index contributed by atoms with van der Waals surface area (Å²) >= 11 is 0. The number of methoxy groups -OCH3 is 1. The summed E-state index contributed by atoms with van der Waals surface area (Å²) in [5.41, 5.74) is 8.27. The number of benzene rings is 1. The Kier molecular flexibility index (Phi) is 11.5. The van der Waals surface area contributed by atoms with E-state index in [1.807, 2.05) is 43.3 Å². The van der Waals surface area contributed by atoms with Gasteiger partial charge in [-0.15, -0.1) is 0 Å². The lowest BCUT2D eigenvalue weighted by Crippen LogP contribution is -2.33. The molecule has 0 saturated heterocycles. The van der Waals surface area contributed by atoms with Crippen molar-refractivity contribution in [2.24, 2.45) is 0 Å². The molecule has 0 saturated carbocycles. The number of aromatic nitrogens is 4. The first-order chi connectivity index (χ1) is 19.2. The molecule has 12 nitrogen and oxygen atoms in total. The number of carbonyl (C=O) groups excluding carboxylic acids is 2. The van der Waals surface area contributed by atoms with E-state index >= 15 is 0 Å². The average molecular weight is 556 g/mol. The van der Waals surface area contributed by atoms with Crippen molar-refractivity contribution in [2.45, 2.75) is 58.5 Å². The Hall–Kier alpha value is -3.93. The zero-order valence-corrected chi connectivity index (χ0v) is 23.9. The molecule has 2 heterocycles. The molecule has 0 aliphatic rings. The van der Waals surface area contributed by atoms with E-state index in [1.54, 1.807) is 0 Å². The topological polar surface area (TPSA) is 149 Å². The molecule has 3 aromatic rings. The molecule has 0 unspecified atom stereocenters. The van der Waals surface area contributed by atoms with E-state index in [1.165, 1.54) is 11.7 Å². The van der Waals surface area contributed by atoms with Gasteiger partial charge in [0, 0.05) is 26.1 Å². The smallest absolute Gasteiger partial charge is 0.327 e. The van der Waals surface area contributed by atoms with E-state index in [-0.39, 0.29) is 35.8 Å². The van der Waals surface area contributed by atoms with Crippen molar-refractivity contribution in [1.29, 1.82) is 0 Å². The fraction of sp³-hybridized carbons (Fsp3) is 0.536. The molecule has 0 aliphatic heterocycles.